The molecular weight excluding hydrogens is 390 g/mol. The van der Waals surface area contributed by atoms with Gasteiger partial charge in [-0.15, -0.1) is 0 Å². The van der Waals surface area contributed by atoms with Crippen molar-refractivity contribution < 1.29 is 19.7 Å². The fourth-order valence-electron chi connectivity index (χ4n) is 4.36. The van der Waals surface area contributed by atoms with Crippen LogP contribution in [0, 0.1) is 0 Å². The fraction of sp³-hybridized carbons (Fsp3) is 0.478. The summed E-state index contributed by atoms with van der Waals surface area (Å²) in [5, 5.41) is 21.9. The number of rotatable bonds is 5. The monoisotopic (exact) mass is 417 g/mol. The van der Waals surface area contributed by atoms with Crippen molar-refractivity contribution in [3.8, 4) is 11.5 Å². The molecule has 29 heavy (non-hydrogen) atoms. The van der Waals surface area contributed by atoms with Gasteiger partial charge in [0.25, 0.3) is 0 Å². The minimum atomic E-state index is -0.557. The van der Waals surface area contributed by atoms with Gasteiger partial charge in [0, 0.05) is 36.6 Å². The van der Waals surface area contributed by atoms with E-state index in [4.69, 9.17) is 21.1 Å². The molecule has 1 saturated heterocycles. The van der Waals surface area contributed by atoms with E-state index in [1.165, 1.54) is 0 Å². The molecule has 0 radical (unpaired) electrons. The van der Waals surface area contributed by atoms with Gasteiger partial charge in [-0.05, 0) is 55.7 Å². The summed E-state index contributed by atoms with van der Waals surface area (Å²) in [4.78, 5) is 2.26. The molecule has 0 aromatic heterocycles. The third-order valence-electron chi connectivity index (χ3n) is 6.00. The van der Waals surface area contributed by atoms with Gasteiger partial charge in [-0.3, -0.25) is 0 Å². The molecular formula is C23H28ClNO4. The van der Waals surface area contributed by atoms with Crippen LogP contribution in [-0.2, 0) is 0 Å². The quantitative estimate of drug-likeness (QED) is 0.766. The number of hydrogen-bond acceptors (Lipinski definition) is 5. The number of nitrogens with zero attached hydrogens (tertiary/aromatic N) is 1. The molecule has 0 aliphatic carbocycles. The Morgan fingerprint density at radius 2 is 1.93 bits per heavy atom. The van der Waals surface area contributed by atoms with Gasteiger partial charge < -0.3 is 24.6 Å². The van der Waals surface area contributed by atoms with Crippen LogP contribution in [0.25, 0.3) is 0 Å². The van der Waals surface area contributed by atoms with Crippen molar-refractivity contribution in [3.63, 3.8) is 0 Å². The van der Waals surface area contributed by atoms with E-state index in [2.05, 4.69) is 4.90 Å². The molecule has 1 spiro atoms. The largest absolute Gasteiger partial charge is 0.494 e. The van der Waals surface area contributed by atoms with E-state index < -0.39 is 12.2 Å². The van der Waals surface area contributed by atoms with Crippen molar-refractivity contribution in [2.75, 3.05) is 26.2 Å². The maximum Gasteiger partial charge on any atom is 0.126 e. The smallest absolute Gasteiger partial charge is 0.126 e. The first-order valence-corrected chi connectivity index (χ1v) is 10.7. The zero-order chi connectivity index (χ0) is 20.4. The molecule has 2 aliphatic heterocycles. The number of ether oxygens (including phenoxy) is 2. The van der Waals surface area contributed by atoms with Crippen LogP contribution in [0.15, 0.2) is 42.5 Å². The number of halogens is 1. The SMILES string of the molecule is CCOc1ccc([C@@H](O)CN2CCC3(CC2)C[C@H](O)c2cc(Cl)ccc2O3)cc1. The molecule has 0 amide bonds. The molecule has 2 aliphatic rings. The van der Waals surface area contributed by atoms with Gasteiger partial charge in [-0.2, -0.15) is 0 Å². The number of fused-ring (bicyclic) bond motifs is 1. The van der Waals surface area contributed by atoms with Crippen molar-refractivity contribution in [2.45, 2.75) is 44.0 Å². The van der Waals surface area contributed by atoms with Gasteiger partial charge in [0.05, 0.1) is 18.8 Å². The zero-order valence-corrected chi connectivity index (χ0v) is 17.4. The Morgan fingerprint density at radius 3 is 2.62 bits per heavy atom. The number of aliphatic hydroxyl groups is 2. The highest BCUT2D eigenvalue weighted by Gasteiger charge is 2.43. The summed E-state index contributed by atoms with van der Waals surface area (Å²) in [7, 11) is 0. The van der Waals surface area contributed by atoms with Crippen LogP contribution in [0.2, 0.25) is 5.02 Å². The first-order chi connectivity index (χ1) is 14.0. The normalized spacial score (nSPS) is 22.0. The predicted octanol–water partition coefficient (Wildman–Crippen LogP) is 4.12. The van der Waals surface area contributed by atoms with Crippen LogP contribution in [0.5, 0.6) is 11.5 Å². The topological polar surface area (TPSA) is 62.2 Å². The summed E-state index contributed by atoms with van der Waals surface area (Å²) in [6.07, 6.45) is 1.12. The molecule has 2 heterocycles. The Balaban J connectivity index is 1.35. The Kier molecular flexibility index (Phi) is 6.02. The third kappa shape index (κ3) is 4.53. The van der Waals surface area contributed by atoms with Crippen LogP contribution >= 0.6 is 11.6 Å². The predicted molar refractivity (Wildman–Crippen MR) is 113 cm³/mol. The van der Waals surface area contributed by atoms with Crippen molar-refractivity contribution in [1.82, 2.24) is 4.90 Å². The molecule has 2 N–H and O–H groups in total. The van der Waals surface area contributed by atoms with Crippen molar-refractivity contribution >= 4 is 11.6 Å². The molecule has 1 fully saturated rings. The third-order valence-corrected chi connectivity index (χ3v) is 6.23. The molecule has 4 rings (SSSR count). The molecule has 2 aromatic rings. The molecule has 2 atom stereocenters. The number of hydrogen-bond donors (Lipinski definition) is 2. The summed E-state index contributed by atoms with van der Waals surface area (Å²) < 4.78 is 11.8. The summed E-state index contributed by atoms with van der Waals surface area (Å²) in [5.74, 6) is 1.55. The highest BCUT2D eigenvalue weighted by Crippen LogP contribution is 2.45. The second kappa shape index (κ2) is 8.52. The summed E-state index contributed by atoms with van der Waals surface area (Å²) in [6, 6.07) is 13.1. The first kappa shape index (κ1) is 20.5. The highest BCUT2D eigenvalue weighted by atomic mass is 35.5. The summed E-state index contributed by atoms with van der Waals surface area (Å²) in [5.41, 5.74) is 1.32. The Hall–Kier alpha value is -1.79. The van der Waals surface area contributed by atoms with Gasteiger partial charge in [-0.1, -0.05) is 23.7 Å². The van der Waals surface area contributed by atoms with Gasteiger partial charge >= 0.3 is 0 Å². The van der Waals surface area contributed by atoms with Crippen molar-refractivity contribution in [2.24, 2.45) is 0 Å². The van der Waals surface area contributed by atoms with Gasteiger partial charge in [0.15, 0.2) is 0 Å². The van der Waals surface area contributed by atoms with E-state index in [0.717, 1.165) is 48.6 Å². The average molecular weight is 418 g/mol. The molecule has 0 saturated carbocycles. The Morgan fingerprint density at radius 1 is 1.21 bits per heavy atom. The number of β-amino-alcohol motifs (C(OH)–C–C–N with tert-alkyl or cyclic N) is 1. The maximum absolute atomic E-state index is 10.6. The number of piperidine rings is 1. The van der Waals surface area contributed by atoms with E-state index in [-0.39, 0.29) is 5.60 Å². The highest BCUT2D eigenvalue weighted by molar-refractivity contribution is 6.30. The lowest BCUT2D eigenvalue weighted by Gasteiger charge is -2.46. The zero-order valence-electron chi connectivity index (χ0n) is 16.7. The summed E-state index contributed by atoms with van der Waals surface area (Å²) in [6.45, 7) is 4.81. The second-order valence-electron chi connectivity index (χ2n) is 8.01. The minimum Gasteiger partial charge on any atom is -0.494 e. The molecule has 0 bridgehead atoms. The maximum atomic E-state index is 10.6. The number of aliphatic hydroxyl groups excluding tert-OH is 2. The van der Waals surface area contributed by atoms with E-state index >= 15 is 0 Å². The standard InChI is InChI=1S/C23H28ClNO4/c1-2-28-18-6-3-16(4-7-18)21(27)15-25-11-9-23(10-12-25)14-20(26)19-13-17(24)5-8-22(19)29-23/h3-8,13,20-21,26-27H,2,9-12,14-15H2,1H3/t20-,21-/m0/s1. The van der Waals surface area contributed by atoms with Crippen LogP contribution in [0.4, 0.5) is 0 Å². The molecule has 2 aromatic carbocycles. The lowest BCUT2D eigenvalue weighted by Crippen LogP contribution is -2.51. The number of benzene rings is 2. The average Bonchev–Trinajstić information content (AvgIpc) is 2.71. The molecule has 156 valence electrons. The Labute approximate surface area is 176 Å². The van der Waals surface area contributed by atoms with Gasteiger partial charge in [-0.25, -0.2) is 0 Å². The molecule has 6 heteroatoms. The fourth-order valence-corrected chi connectivity index (χ4v) is 4.54. The van der Waals surface area contributed by atoms with E-state index in [0.29, 0.717) is 24.6 Å². The molecule has 5 nitrogen and oxygen atoms in total. The lowest BCUT2D eigenvalue weighted by atomic mass is 9.81. The van der Waals surface area contributed by atoms with Crippen LogP contribution in [0.1, 0.15) is 49.5 Å². The minimum absolute atomic E-state index is 0.346. The van der Waals surface area contributed by atoms with Crippen molar-refractivity contribution in [3.05, 3.63) is 58.6 Å². The number of likely N-dealkylation sites (tertiary alicyclic amines) is 1. The second-order valence-corrected chi connectivity index (χ2v) is 8.44. The van der Waals surface area contributed by atoms with Crippen LogP contribution in [0.3, 0.4) is 0 Å². The van der Waals surface area contributed by atoms with Gasteiger partial charge in [0.1, 0.15) is 17.1 Å². The van der Waals surface area contributed by atoms with Crippen LogP contribution < -0.4 is 9.47 Å². The van der Waals surface area contributed by atoms with Crippen LogP contribution in [-0.4, -0.2) is 47.0 Å². The van der Waals surface area contributed by atoms with Gasteiger partial charge in [0.2, 0.25) is 0 Å². The van der Waals surface area contributed by atoms with Crippen molar-refractivity contribution in [1.29, 1.82) is 0 Å². The van der Waals surface area contributed by atoms with E-state index in [1.807, 2.05) is 37.3 Å². The summed E-state index contributed by atoms with van der Waals surface area (Å²) >= 11 is 6.06. The van der Waals surface area contributed by atoms with E-state index in [1.54, 1.807) is 12.1 Å². The first-order valence-electron chi connectivity index (χ1n) is 10.3. The molecule has 0 unspecified atom stereocenters. The lowest BCUT2D eigenvalue weighted by molar-refractivity contribution is -0.0587. The van der Waals surface area contributed by atoms with E-state index in [9.17, 15) is 10.2 Å². The Bertz CT molecular complexity index is 833.